The van der Waals surface area contributed by atoms with Crippen LogP contribution in [0.25, 0.3) is 0 Å². The second-order valence-corrected chi connectivity index (χ2v) is 6.73. The van der Waals surface area contributed by atoms with Crippen LogP contribution in [-0.2, 0) is 24.1 Å². The minimum Gasteiger partial charge on any atom is -0.383 e. The summed E-state index contributed by atoms with van der Waals surface area (Å²) in [5, 5.41) is 0. The summed E-state index contributed by atoms with van der Waals surface area (Å²) in [4.78, 5) is 16.2. The molecule has 1 atom stereocenters. The summed E-state index contributed by atoms with van der Waals surface area (Å²) in [5.74, 6) is 2.80. The Morgan fingerprint density at radius 1 is 1.21 bits per heavy atom. The summed E-state index contributed by atoms with van der Waals surface area (Å²) in [6, 6.07) is 0. The highest BCUT2D eigenvalue weighted by atomic mass is 16.5. The van der Waals surface area contributed by atoms with Crippen molar-refractivity contribution in [2.45, 2.75) is 44.6 Å². The molecule has 4 rings (SSSR count). The number of aryl methyl sites for hydroxylation is 1. The van der Waals surface area contributed by atoms with Crippen molar-refractivity contribution in [3.05, 3.63) is 35.8 Å². The van der Waals surface area contributed by atoms with Crippen molar-refractivity contribution in [3.63, 3.8) is 0 Å². The minimum absolute atomic E-state index is 0.456. The highest BCUT2D eigenvalue weighted by Gasteiger charge is 2.28. The molecule has 6 heteroatoms. The van der Waals surface area contributed by atoms with E-state index in [0.717, 1.165) is 44.9 Å². The minimum atomic E-state index is 0.456. The number of ether oxygens (including phenoxy) is 1. The molecular weight excluding hydrogens is 302 g/mol. The van der Waals surface area contributed by atoms with Crippen molar-refractivity contribution in [1.29, 1.82) is 0 Å². The van der Waals surface area contributed by atoms with Crippen LogP contribution in [0.4, 0.5) is 5.82 Å². The van der Waals surface area contributed by atoms with Crippen molar-refractivity contribution >= 4 is 5.82 Å². The number of hydrogen-bond donors (Lipinski definition) is 0. The normalized spacial score (nSPS) is 20.4. The van der Waals surface area contributed by atoms with Crippen LogP contribution in [0.3, 0.4) is 0 Å². The van der Waals surface area contributed by atoms with Gasteiger partial charge >= 0.3 is 0 Å². The topological polar surface area (TPSA) is 56.1 Å². The molecule has 0 N–H and O–H groups in total. The molecule has 128 valence electrons. The van der Waals surface area contributed by atoms with E-state index in [0.29, 0.717) is 5.92 Å². The van der Waals surface area contributed by atoms with E-state index >= 15 is 0 Å². The first-order valence-corrected chi connectivity index (χ1v) is 8.94. The lowest BCUT2D eigenvalue weighted by Crippen LogP contribution is -2.36. The van der Waals surface area contributed by atoms with Crippen LogP contribution in [0.2, 0.25) is 0 Å². The van der Waals surface area contributed by atoms with Crippen LogP contribution >= 0.6 is 0 Å². The first-order valence-electron chi connectivity index (χ1n) is 8.94. The second kappa shape index (κ2) is 6.89. The van der Waals surface area contributed by atoms with Gasteiger partial charge in [0, 0.05) is 56.3 Å². The van der Waals surface area contributed by atoms with Crippen LogP contribution in [0.5, 0.6) is 0 Å². The van der Waals surface area contributed by atoms with Gasteiger partial charge in [-0.1, -0.05) is 0 Å². The Kier molecular flexibility index (Phi) is 4.47. The highest BCUT2D eigenvalue weighted by Crippen LogP contribution is 2.33. The Morgan fingerprint density at radius 3 is 3.08 bits per heavy atom. The van der Waals surface area contributed by atoms with Crippen molar-refractivity contribution in [1.82, 2.24) is 19.5 Å². The lowest BCUT2D eigenvalue weighted by atomic mass is 9.96. The van der Waals surface area contributed by atoms with Crippen LogP contribution in [-0.4, -0.2) is 46.3 Å². The van der Waals surface area contributed by atoms with Gasteiger partial charge in [0.25, 0.3) is 0 Å². The zero-order chi connectivity index (χ0) is 16.4. The molecule has 0 aromatic carbocycles. The van der Waals surface area contributed by atoms with E-state index in [2.05, 4.69) is 30.6 Å². The molecule has 1 fully saturated rings. The second-order valence-electron chi connectivity index (χ2n) is 6.73. The molecule has 24 heavy (non-hydrogen) atoms. The van der Waals surface area contributed by atoms with E-state index in [4.69, 9.17) is 4.74 Å². The summed E-state index contributed by atoms with van der Waals surface area (Å²) in [5.41, 5.74) is 2.63. The predicted molar refractivity (Wildman–Crippen MR) is 92.3 cm³/mol. The average molecular weight is 327 g/mol. The smallest absolute Gasteiger partial charge is 0.135 e. The molecule has 2 aromatic rings. The Morgan fingerprint density at radius 2 is 2.17 bits per heavy atom. The van der Waals surface area contributed by atoms with Gasteiger partial charge in [0.2, 0.25) is 0 Å². The number of fused-ring (bicyclic) bond motifs is 1. The van der Waals surface area contributed by atoms with Gasteiger partial charge in [-0.3, -0.25) is 0 Å². The first kappa shape index (κ1) is 15.6. The first-order chi connectivity index (χ1) is 11.9. The zero-order valence-corrected chi connectivity index (χ0v) is 14.3. The quantitative estimate of drug-likeness (QED) is 0.842. The van der Waals surface area contributed by atoms with E-state index in [1.165, 1.54) is 36.3 Å². The van der Waals surface area contributed by atoms with Gasteiger partial charge in [0.15, 0.2) is 0 Å². The fourth-order valence-electron chi connectivity index (χ4n) is 4.05. The maximum absolute atomic E-state index is 5.22. The number of nitrogens with zero attached hydrogens (tertiary/aromatic N) is 5. The van der Waals surface area contributed by atoms with Crippen LogP contribution in [0.1, 0.15) is 42.3 Å². The Hall–Kier alpha value is -1.95. The third-order valence-electron chi connectivity index (χ3n) is 5.22. The van der Waals surface area contributed by atoms with Gasteiger partial charge < -0.3 is 14.2 Å². The third-order valence-corrected chi connectivity index (χ3v) is 5.22. The van der Waals surface area contributed by atoms with Crippen molar-refractivity contribution < 1.29 is 4.74 Å². The monoisotopic (exact) mass is 327 g/mol. The number of imidazole rings is 1. The predicted octanol–water partition coefficient (Wildman–Crippen LogP) is 2.19. The lowest BCUT2D eigenvalue weighted by molar-refractivity contribution is 0.185. The van der Waals surface area contributed by atoms with E-state index in [9.17, 15) is 0 Å². The standard InChI is InChI=1S/C18H25N5O/c1-24-11-10-22-9-7-19-17(22)14-4-3-8-23(12-14)18-15-5-2-6-16(15)20-13-21-18/h7,9,13-14H,2-6,8,10-12H2,1H3. The van der Waals surface area contributed by atoms with Gasteiger partial charge in [-0.15, -0.1) is 0 Å². The molecule has 1 aliphatic carbocycles. The number of rotatable bonds is 5. The molecule has 2 aromatic heterocycles. The summed E-state index contributed by atoms with van der Waals surface area (Å²) >= 11 is 0. The number of aromatic nitrogens is 4. The maximum atomic E-state index is 5.22. The largest absolute Gasteiger partial charge is 0.383 e. The van der Waals surface area contributed by atoms with Crippen LogP contribution in [0.15, 0.2) is 18.7 Å². The Balaban J connectivity index is 1.55. The molecule has 2 aliphatic rings. The SMILES string of the molecule is COCCn1ccnc1C1CCCN(c2ncnc3c2CCC3)C1. The van der Waals surface area contributed by atoms with Gasteiger partial charge in [-0.25, -0.2) is 15.0 Å². The number of hydrogen-bond acceptors (Lipinski definition) is 5. The summed E-state index contributed by atoms with van der Waals surface area (Å²) in [6.07, 6.45) is 11.5. The molecule has 1 saturated heterocycles. The summed E-state index contributed by atoms with van der Waals surface area (Å²) in [6.45, 7) is 3.66. The van der Waals surface area contributed by atoms with Gasteiger partial charge in [-0.05, 0) is 32.1 Å². The van der Waals surface area contributed by atoms with Gasteiger partial charge in [0.05, 0.1) is 6.61 Å². The van der Waals surface area contributed by atoms with Crippen molar-refractivity contribution in [2.24, 2.45) is 0 Å². The van der Waals surface area contributed by atoms with E-state index in [1.807, 2.05) is 6.20 Å². The molecule has 0 bridgehead atoms. The van der Waals surface area contributed by atoms with Crippen molar-refractivity contribution in [3.8, 4) is 0 Å². The molecule has 0 radical (unpaired) electrons. The van der Waals surface area contributed by atoms with E-state index in [-0.39, 0.29) is 0 Å². The molecule has 0 amide bonds. The third kappa shape index (κ3) is 2.90. The fourth-order valence-corrected chi connectivity index (χ4v) is 4.05. The van der Waals surface area contributed by atoms with Crippen LogP contribution < -0.4 is 4.90 Å². The summed E-state index contributed by atoms with van der Waals surface area (Å²) in [7, 11) is 1.74. The van der Waals surface area contributed by atoms with Gasteiger partial charge in [0.1, 0.15) is 18.0 Å². The fraction of sp³-hybridized carbons (Fsp3) is 0.611. The zero-order valence-electron chi connectivity index (χ0n) is 14.3. The van der Waals surface area contributed by atoms with Gasteiger partial charge in [-0.2, -0.15) is 0 Å². The Bertz CT molecular complexity index is 698. The molecule has 3 heterocycles. The average Bonchev–Trinajstić information content (AvgIpc) is 3.28. The highest BCUT2D eigenvalue weighted by molar-refractivity contribution is 5.51. The molecular formula is C18H25N5O. The molecule has 0 spiro atoms. The van der Waals surface area contributed by atoms with E-state index < -0.39 is 0 Å². The van der Waals surface area contributed by atoms with Crippen molar-refractivity contribution in [2.75, 3.05) is 31.7 Å². The van der Waals surface area contributed by atoms with E-state index in [1.54, 1.807) is 13.4 Å². The van der Waals surface area contributed by atoms with Crippen LogP contribution in [0, 0.1) is 0 Å². The summed E-state index contributed by atoms with van der Waals surface area (Å²) < 4.78 is 7.46. The molecule has 1 aliphatic heterocycles. The number of piperidine rings is 1. The lowest BCUT2D eigenvalue weighted by Gasteiger charge is -2.34. The molecule has 0 saturated carbocycles. The number of methoxy groups -OCH3 is 1. The number of anilines is 1. The molecule has 1 unspecified atom stereocenters. The maximum Gasteiger partial charge on any atom is 0.135 e. The molecule has 6 nitrogen and oxygen atoms in total. The Labute approximate surface area is 142 Å².